The molecule has 1 fully saturated rings. The molecule has 0 saturated carbocycles. The van der Waals surface area contributed by atoms with Gasteiger partial charge in [0.2, 0.25) is 0 Å². The van der Waals surface area contributed by atoms with E-state index in [2.05, 4.69) is 27.7 Å². The third-order valence-electron chi connectivity index (χ3n) is 4.64. The van der Waals surface area contributed by atoms with Crippen LogP contribution in [0.2, 0.25) is 0 Å². The topological polar surface area (TPSA) is 53.6 Å². The van der Waals surface area contributed by atoms with Crippen LogP contribution in [0.25, 0.3) is 0 Å². The molecule has 3 rings (SSSR count). The van der Waals surface area contributed by atoms with Crippen LogP contribution < -0.4 is 15.4 Å². The number of amides is 2. The molecule has 2 aromatic carbocycles. The van der Waals surface area contributed by atoms with Gasteiger partial charge in [-0.3, -0.25) is 4.90 Å². The molecule has 1 aliphatic rings. The van der Waals surface area contributed by atoms with Crippen LogP contribution in [0.3, 0.4) is 0 Å². The Bertz CT molecular complexity index is 682. The molecule has 1 aliphatic heterocycles. The Balaban J connectivity index is 1.63. The van der Waals surface area contributed by atoms with Crippen molar-refractivity contribution in [2.24, 2.45) is 0 Å². The van der Waals surface area contributed by atoms with E-state index < -0.39 is 0 Å². The van der Waals surface area contributed by atoms with Crippen molar-refractivity contribution in [1.29, 1.82) is 0 Å². The third-order valence-corrected chi connectivity index (χ3v) is 4.64. The zero-order valence-corrected chi connectivity index (χ0v) is 15.3. The van der Waals surface area contributed by atoms with Crippen LogP contribution in [-0.4, -0.2) is 37.2 Å². The number of anilines is 1. The Morgan fingerprint density at radius 2 is 1.77 bits per heavy atom. The second kappa shape index (κ2) is 9.25. The van der Waals surface area contributed by atoms with Crippen LogP contribution in [0.1, 0.15) is 31.4 Å². The summed E-state index contributed by atoms with van der Waals surface area (Å²) in [5.41, 5.74) is 2.00. The summed E-state index contributed by atoms with van der Waals surface area (Å²) in [7, 11) is 0. The first-order valence-corrected chi connectivity index (χ1v) is 9.33. The smallest absolute Gasteiger partial charge is 0.319 e. The summed E-state index contributed by atoms with van der Waals surface area (Å²) in [6, 6.07) is 17.7. The number of urea groups is 1. The summed E-state index contributed by atoms with van der Waals surface area (Å²) in [4.78, 5) is 14.7. The van der Waals surface area contributed by atoms with Gasteiger partial charge < -0.3 is 15.4 Å². The summed E-state index contributed by atoms with van der Waals surface area (Å²) in [5, 5.41) is 5.90. The fraction of sp³-hybridized carbons (Fsp3) is 0.381. The lowest BCUT2D eigenvalue weighted by Crippen LogP contribution is -2.38. The van der Waals surface area contributed by atoms with Crippen molar-refractivity contribution in [3.05, 3.63) is 60.2 Å². The Labute approximate surface area is 155 Å². The van der Waals surface area contributed by atoms with Crippen molar-refractivity contribution in [3.8, 4) is 5.75 Å². The molecule has 2 N–H and O–H groups in total. The Morgan fingerprint density at radius 1 is 1.08 bits per heavy atom. The minimum Gasteiger partial charge on any atom is -0.494 e. The summed E-state index contributed by atoms with van der Waals surface area (Å²) < 4.78 is 5.54. The van der Waals surface area contributed by atoms with Gasteiger partial charge in [0.05, 0.1) is 12.6 Å². The number of carbonyl (C=O) groups is 1. The van der Waals surface area contributed by atoms with E-state index in [1.54, 1.807) is 0 Å². The van der Waals surface area contributed by atoms with Gasteiger partial charge in [-0.05, 0) is 62.7 Å². The molecule has 5 heteroatoms. The van der Waals surface area contributed by atoms with E-state index >= 15 is 0 Å². The molecule has 0 bridgehead atoms. The molecule has 1 heterocycles. The van der Waals surface area contributed by atoms with Gasteiger partial charge in [-0.2, -0.15) is 0 Å². The van der Waals surface area contributed by atoms with E-state index in [1.165, 1.54) is 18.4 Å². The first-order valence-electron chi connectivity index (χ1n) is 9.33. The largest absolute Gasteiger partial charge is 0.494 e. The van der Waals surface area contributed by atoms with Gasteiger partial charge in [0.15, 0.2) is 0 Å². The number of ether oxygens (including phenoxy) is 1. The number of carbonyl (C=O) groups excluding carboxylic acids is 1. The first-order chi connectivity index (χ1) is 12.8. The molecule has 26 heavy (non-hydrogen) atoms. The number of benzene rings is 2. The summed E-state index contributed by atoms with van der Waals surface area (Å²) in [6.07, 6.45) is 2.42. The second-order valence-corrected chi connectivity index (χ2v) is 6.46. The third kappa shape index (κ3) is 4.99. The van der Waals surface area contributed by atoms with Gasteiger partial charge in [0.25, 0.3) is 0 Å². The van der Waals surface area contributed by atoms with Gasteiger partial charge in [-0.15, -0.1) is 0 Å². The summed E-state index contributed by atoms with van der Waals surface area (Å²) >= 11 is 0. The molecular formula is C21H27N3O2. The quantitative estimate of drug-likeness (QED) is 0.790. The van der Waals surface area contributed by atoms with E-state index in [9.17, 15) is 4.79 Å². The standard InChI is InChI=1S/C21H27N3O2/c1-2-26-19-12-10-17(11-13-19)20(24-14-6-7-15-24)16-22-21(25)23-18-8-4-3-5-9-18/h3-5,8-13,20H,2,6-7,14-16H2,1H3,(H2,22,23,25). The van der Waals surface area contributed by atoms with Crippen LogP contribution in [0.4, 0.5) is 10.5 Å². The molecule has 0 aliphatic carbocycles. The average molecular weight is 353 g/mol. The van der Waals surface area contributed by atoms with Gasteiger partial charge in [-0.25, -0.2) is 4.79 Å². The monoisotopic (exact) mass is 353 g/mol. The molecule has 2 amide bonds. The fourth-order valence-electron chi connectivity index (χ4n) is 3.35. The molecule has 1 saturated heterocycles. The van der Waals surface area contributed by atoms with Crippen LogP contribution in [0.15, 0.2) is 54.6 Å². The maximum atomic E-state index is 12.2. The lowest BCUT2D eigenvalue weighted by atomic mass is 10.1. The highest BCUT2D eigenvalue weighted by atomic mass is 16.5. The van der Waals surface area contributed by atoms with Crippen molar-refractivity contribution >= 4 is 11.7 Å². The highest BCUT2D eigenvalue weighted by Gasteiger charge is 2.24. The predicted molar refractivity (Wildman–Crippen MR) is 105 cm³/mol. The van der Waals surface area contributed by atoms with Crippen molar-refractivity contribution in [2.75, 3.05) is 31.6 Å². The molecule has 0 spiro atoms. The zero-order valence-electron chi connectivity index (χ0n) is 15.3. The molecule has 1 unspecified atom stereocenters. The molecule has 5 nitrogen and oxygen atoms in total. The molecule has 138 valence electrons. The zero-order chi connectivity index (χ0) is 18.2. The van der Waals surface area contributed by atoms with Gasteiger partial charge in [-0.1, -0.05) is 30.3 Å². The van der Waals surface area contributed by atoms with Gasteiger partial charge >= 0.3 is 6.03 Å². The maximum Gasteiger partial charge on any atom is 0.319 e. The lowest BCUT2D eigenvalue weighted by Gasteiger charge is -2.28. The van der Waals surface area contributed by atoms with Crippen LogP contribution in [0, 0.1) is 0 Å². The molecule has 1 atom stereocenters. The summed E-state index contributed by atoms with van der Waals surface area (Å²) in [6.45, 7) is 5.36. The number of likely N-dealkylation sites (tertiary alicyclic amines) is 1. The highest BCUT2D eigenvalue weighted by Crippen LogP contribution is 2.26. The Hall–Kier alpha value is -2.53. The number of hydrogen-bond acceptors (Lipinski definition) is 3. The number of hydrogen-bond donors (Lipinski definition) is 2. The lowest BCUT2D eigenvalue weighted by molar-refractivity contribution is 0.227. The first kappa shape index (κ1) is 18.3. The molecular weight excluding hydrogens is 326 g/mol. The summed E-state index contributed by atoms with van der Waals surface area (Å²) in [5.74, 6) is 0.881. The van der Waals surface area contributed by atoms with E-state index in [4.69, 9.17) is 4.74 Å². The van der Waals surface area contributed by atoms with E-state index in [0.717, 1.165) is 24.5 Å². The van der Waals surface area contributed by atoms with Gasteiger partial charge in [0, 0.05) is 12.2 Å². The Morgan fingerprint density at radius 3 is 2.42 bits per heavy atom. The van der Waals surface area contributed by atoms with Crippen LogP contribution in [0.5, 0.6) is 5.75 Å². The van der Waals surface area contributed by atoms with Crippen molar-refractivity contribution in [3.63, 3.8) is 0 Å². The van der Waals surface area contributed by atoms with Crippen molar-refractivity contribution in [2.45, 2.75) is 25.8 Å². The Kier molecular flexibility index (Phi) is 6.50. The minimum atomic E-state index is -0.175. The molecule has 2 aromatic rings. The number of nitrogens with one attached hydrogen (secondary N) is 2. The fourth-order valence-corrected chi connectivity index (χ4v) is 3.35. The minimum absolute atomic E-state index is 0.175. The predicted octanol–water partition coefficient (Wildman–Crippen LogP) is 4.04. The number of rotatable bonds is 7. The highest BCUT2D eigenvalue weighted by molar-refractivity contribution is 5.89. The molecule has 0 radical (unpaired) electrons. The molecule has 0 aromatic heterocycles. The van der Waals surface area contributed by atoms with E-state index in [0.29, 0.717) is 13.2 Å². The van der Waals surface area contributed by atoms with Crippen LogP contribution in [-0.2, 0) is 0 Å². The van der Waals surface area contributed by atoms with Crippen molar-refractivity contribution in [1.82, 2.24) is 10.2 Å². The number of nitrogens with zero attached hydrogens (tertiary/aromatic N) is 1. The van der Waals surface area contributed by atoms with E-state index in [1.807, 2.05) is 49.4 Å². The van der Waals surface area contributed by atoms with Crippen LogP contribution >= 0.6 is 0 Å². The van der Waals surface area contributed by atoms with Crippen molar-refractivity contribution < 1.29 is 9.53 Å². The van der Waals surface area contributed by atoms with E-state index in [-0.39, 0.29) is 12.1 Å². The van der Waals surface area contributed by atoms with Gasteiger partial charge in [0.1, 0.15) is 5.75 Å². The maximum absolute atomic E-state index is 12.2. The normalized spacial score (nSPS) is 15.4. The second-order valence-electron chi connectivity index (χ2n) is 6.46. The average Bonchev–Trinajstić information content (AvgIpc) is 3.19. The number of para-hydroxylation sites is 1. The SMILES string of the molecule is CCOc1ccc(C(CNC(=O)Nc2ccccc2)N2CCCC2)cc1.